The molecule has 0 aliphatic rings. The summed E-state index contributed by atoms with van der Waals surface area (Å²) in [5.74, 6) is 0.347. The average molecular weight is 376 g/mol. The Morgan fingerprint density at radius 2 is 1.81 bits per heavy atom. The lowest BCUT2D eigenvalue weighted by Crippen LogP contribution is -2.28. The number of hydrogen-bond donors (Lipinski definition) is 2. The number of carbonyl (C=O) groups excluding carboxylic acids is 1. The minimum absolute atomic E-state index is 0.0214. The van der Waals surface area contributed by atoms with E-state index in [0.717, 1.165) is 23.2 Å². The van der Waals surface area contributed by atoms with E-state index in [0.29, 0.717) is 5.75 Å². The van der Waals surface area contributed by atoms with Crippen molar-refractivity contribution >= 4 is 21.6 Å². The van der Waals surface area contributed by atoms with Gasteiger partial charge in [-0.05, 0) is 48.7 Å². The van der Waals surface area contributed by atoms with Crippen LogP contribution in [0.25, 0.3) is 0 Å². The number of amides is 1. The molecule has 0 aliphatic carbocycles. The van der Waals surface area contributed by atoms with E-state index in [1.54, 1.807) is 12.1 Å². The fourth-order valence-electron chi connectivity index (χ4n) is 2.54. The van der Waals surface area contributed by atoms with Crippen molar-refractivity contribution < 1.29 is 17.9 Å². The van der Waals surface area contributed by atoms with E-state index in [-0.39, 0.29) is 23.8 Å². The molecular formula is C19H24N2O4S. The molecule has 26 heavy (non-hydrogen) atoms. The monoisotopic (exact) mass is 376 g/mol. The Morgan fingerprint density at radius 1 is 1.12 bits per heavy atom. The van der Waals surface area contributed by atoms with E-state index >= 15 is 0 Å². The second kappa shape index (κ2) is 8.82. The van der Waals surface area contributed by atoms with Crippen molar-refractivity contribution in [3.05, 3.63) is 53.6 Å². The molecule has 0 unspecified atom stereocenters. The molecular weight excluding hydrogens is 352 g/mol. The second-order valence-corrected chi connectivity index (χ2v) is 7.60. The van der Waals surface area contributed by atoms with E-state index in [1.807, 2.05) is 32.0 Å². The number of nitrogens with one attached hydrogen (secondary N) is 2. The van der Waals surface area contributed by atoms with Gasteiger partial charge in [0.1, 0.15) is 5.75 Å². The number of methoxy groups -OCH3 is 1. The smallest absolute Gasteiger partial charge is 0.240 e. The van der Waals surface area contributed by atoms with E-state index in [9.17, 15) is 13.2 Å². The van der Waals surface area contributed by atoms with Crippen molar-refractivity contribution in [2.45, 2.75) is 31.6 Å². The third-order valence-corrected chi connectivity index (χ3v) is 5.50. The molecule has 0 bridgehead atoms. The number of hydrogen-bond acceptors (Lipinski definition) is 4. The van der Waals surface area contributed by atoms with E-state index in [4.69, 9.17) is 4.74 Å². The first kappa shape index (κ1) is 19.9. The second-order valence-electron chi connectivity index (χ2n) is 5.83. The zero-order valence-electron chi connectivity index (χ0n) is 15.2. The summed E-state index contributed by atoms with van der Waals surface area (Å²) in [5.41, 5.74) is 2.84. The highest BCUT2D eigenvalue weighted by Crippen LogP contribution is 2.21. The lowest BCUT2D eigenvalue weighted by molar-refractivity contribution is -0.116. The number of ether oxygens (including phenoxy) is 1. The van der Waals surface area contributed by atoms with Crippen LogP contribution in [-0.4, -0.2) is 28.0 Å². The quantitative estimate of drug-likeness (QED) is 0.742. The highest BCUT2D eigenvalue weighted by atomic mass is 32.2. The fraction of sp³-hybridized carbons (Fsp3) is 0.316. The van der Waals surface area contributed by atoms with Gasteiger partial charge in [-0.15, -0.1) is 0 Å². The van der Waals surface area contributed by atoms with Gasteiger partial charge < -0.3 is 10.1 Å². The van der Waals surface area contributed by atoms with Crippen LogP contribution < -0.4 is 14.8 Å². The Kier molecular flexibility index (Phi) is 6.76. The SMILES string of the molecule is CCc1cccc(C)c1NC(=O)CCNS(=O)(=O)c1ccc(OC)cc1. The minimum atomic E-state index is -3.66. The molecule has 2 N–H and O–H groups in total. The lowest BCUT2D eigenvalue weighted by atomic mass is 10.1. The molecule has 2 aromatic rings. The topological polar surface area (TPSA) is 84.5 Å². The van der Waals surface area contributed by atoms with Crippen molar-refractivity contribution in [3.8, 4) is 5.75 Å². The molecule has 0 saturated heterocycles. The van der Waals surface area contributed by atoms with Crippen molar-refractivity contribution in [1.82, 2.24) is 4.72 Å². The molecule has 2 aromatic carbocycles. The van der Waals surface area contributed by atoms with Gasteiger partial charge in [0.2, 0.25) is 15.9 Å². The van der Waals surface area contributed by atoms with Gasteiger partial charge in [0.15, 0.2) is 0 Å². The molecule has 0 aromatic heterocycles. The van der Waals surface area contributed by atoms with Crippen molar-refractivity contribution in [2.24, 2.45) is 0 Å². The van der Waals surface area contributed by atoms with Crippen LogP contribution in [0, 0.1) is 6.92 Å². The molecule has 0 atom stereocenters. The zero-order chi connectivity index (χ0) is 19.2. The molecule has 0 saturated carbocycles. The summed E-state index contributed by atoms with van der Waals surface area (Å²) in [7, 11) is -2.15. The predicted molar refractivity (Wildman–Crippen MR) is 102 cm³/mol. The molecule has 1 amide bonds. The molecule has 0 radical (unpaired) electrons. The highest BCUT2D eigenvalue weighted by Gasteiger charge is 2.15. The Bertz CT molecular complexity index is 862. The summed E-state index contributed by atoms with van der Waals surface area (Å²) in [6, 6.07) is 11.9. The molecule has 0 spiro atoms. The van der Waals surface area contributed by atoms with Crippen molar-refractivity contribution in [1.29, 1.82) is 0 Å². The van der Waals surface area contributed by atoms with E-state index in [2.05, 4.69) is 10.0 Å². The van der Waals surface area contributed by atoms with Crippen molar-refractivity contribution in [3.63, 3.8) is 0 Å². The Balaban J connectivity index is 1.93. The van der Waals surface area contributed by atoms with Crippen LogP contribution in [-0.2, 0) is 21.2 Å². The van der Waals surface area contributed by atoms with E-state index < -0.39 is 10.0 Å². The van der Waals surface area contributed by atoms with Crippen molar-refractivity contribution in [2.75, 3.05) is 19.0 Å². The maximum atomic E-state index is 12.2. The summed E-state index contributed by atoms with van der Waals surface area (Å²) < 4.78 is 31.9. The molecule has 140 valence electrons. The van der Waals surface area contributed by atoms with Gasteiger partial charge >= 0.3 is 0 Å². The standard InChI is InChI=1S/C19H24N2O4S/c1-4-15-7-5-6-14(2)19(15)21-18(22)12-13-20-26(23,24)17-10-8-16(25-3)9-11-17/h5-11,20H,4,12-13H2,1-3H3,(H,21,22). The highest BCUT2D eigenvalue weighted by molar-refractivity contribution is 7.89. The first-order valence-corrected chi connectivity index (χ1v) is 9.87. The third kappa shape index (κ3) is 5.06. The zero-order valence-corrected chi connectivity index (χ0v) is 16.0. The predicted octanol–water partition coefficient (Wildman–Crippen LogP) is 2.87. The lowest BCUT2D eigenvalue weighted by Gasteiger charge is -2.13. The fourth-order valence-corrected chi connectivity index (χ4v) is 3.57. The van der Waals surface area contributed by atoms with Crippen LogP contribution in [0.1, 0.15) is 24.5 Å². The average Bonchev–Trinajstić information content (AvgIpc) is 2.63. The number of anilines is 1. The van der Waals surface area contributed by atoms with Crippen LogP contribution >= 0.6 is 0 Å². The maximum Gasteiger partial charge on any atom is 0.240 e. The van der Waals surface area contributed by atoms with Gasteiger partial charge in [-0.1, -0.05) is 25.1 Å². The third-order valence-electron chi connectivity index (χ3n) is 4.02. The Labute approximate surface area is 154 Å². The summed E-state index contributed by atoms with van der Waals surface area (Å²) in [6.07, 6.45) is 0.855. The van der Waals surface area contributed by atoms with Gasteiger partial charge in [0.05, 0.1) is 12.0 Å². The van der Waals surface area contributed by atoms with Crippen LogP contribution in [0.3, 0.4) is 0 Å². The first-order chi connectivity index (χ1) is 12.4. The molecule has 0 heterocycles. The largest absolute Gasteiger partial charge is 0.497 e. The maximum absolute atomic E-state index is 12.2. The minimum Gasteiger partial charge on any atom is -0.497 e. The normalized spacial score (nSPS) is 11.2. The van der Waals surface area contributed by atoms with E-state index in [1.165, 1.54) is 19.2 Å². The van der Waals surface area contributed by atoms with Gasteiger partial charge in [-0.3, -0.25) is 4.79 Å². The molecule has 6 nitrogen and oxygen atoms in total. The number of sulfonamides is 1. The van der Waals surface area contributed by atoms with Gasteiger partial charge in [-0.25, -0.2) is 13.1 Å². The number of rotatable bonds is 8. The summed E-state index contributed by atoms with van der Waals surface area (Å²) in [5, 5.41) is 2.88. The Morgan fingerprint density at radius 3 is 2.42 bits per heavy atom. The van der Waals surface area contributed by atoms with Gasteiger partial charge in [0, 0.05) is 18.7 Å². The molecule has 0 aliphatic heterocycles. The van der Waals surface area contributed by atoms with Crippen LogP contribution in [0.5, 0.6) is 5.75 Å². The summed E-state index contributed by atoms with van der Waals surface area (Å²) in [6.45, 7) is 3.97. The molecule has 2 rings (SSSR count). The van der Waals surface area contributed by atoms with Crippen LogP contribution in [0.4, 0.5) is 5.69 Å². The van der Waals surface area contributed by atoms with Crippen LogP contribution in [0.15, 0.2) is 47.4 Å². The first-order valence-electron chi connectivity index (χ1n) is 8.39. The molecule has 7 heteroatoms. The van der Waals surface area contributed by atoms with Gasteiger partial charge in [0.25, 0.3) is 0 Å². The number of aryl methyl sites for hydroxylation is 2. The Hall–Kier alpha value is -2.38. The summed E-state index contributed by atoms with van der Waals surface area (Å²) >= 11 is 0. The number of para-hydroxylation sites is 1. The number of benzene rings is 2. The van der Waals surface area contributed by atoms with Gasteiger partial charge in [-0.2, -0.15) is 0 Å². The number of carbonyl (C=O) groups is 1. The van der Waals surface area contributed by atoms with Crippen LogP contribution in [0.2, 0.25) is 0 Å². The molecule has 0 fully saturated rings. The summed E-state index contributed by atoms with van der Waals surface area (Å²) in [4.78, 5) is 12.3.